The number of hydrogen-bond acceptors (Lipinski definition) is 4. The van der Waals surface area contributed by atoms with E-state index in [1.807, 2.05) is 0 Å². The van der Waals surface area contributed by atoms with Crippen molar-refractivity contribution >= 4 is 19.7 Å². The Morgan fingerprint density at radius 2 is 1.93 bits per heavy atom. The van der Waals surface area contributed by atoms with E-state index in [0.717, 1.165) is 0 Å². The van der Waals surface area contributed by atoms with Crippen LogP contribution in [0.5, 0.6) is 0 Å². The highest BCUT2D eigenvalue weighted by atomic mass is 31.1. The second-order valence-corrected chi connectivity index (χ2v) is 5.44. The van der Waals surface area contributed by atoms with E-state index < -0.39 is 37.6 Å². The smallest absolute Gasteiger partial charge is 0.339 e. The summed E-state index contributed by atoms with van der Waals surface area (Å²) < 4.78 is 11.4. The zero-order valence-corrected chi connectivity index (χ0v) is 8.89. The SMILES string of the molecule is NC(C(=O)O)C1CC(C(=O)O)C[P+](=O)C1. The van der Waals surface area contributed by atoms with Gasteiger partial charge in [-0.25, -0.2) is 0 Å². The van der Waals surface area contributed by atoms with Crippen LogP contribution < -0.4 is 5.73 Å². The quantitative estimate of drug-likeness (QED) is 0.589. The topological polar surface area (TPSA) is 118 Å². The zero-order valence-electron chi connectivity index (χ0n) is 8.00. The minimum atomic E-state index is -1.63. The van der Waals surface area contributed by atoms with E-state index in [9.17, 15) is 14.2 Å². The molecule has 1 rings (SSSR count). The molecular weight excluding hydrogens is 221 g/mol. The number of aliphatic carboxylic acids is 2. The first-order valence-corrected chi connectivity index (χ1v) is 6.18. The van der Waals surface area contributed by atoms with Crippen LogP contribution in [0, 0.1) is 11.8 Å². The average Bonchev–Trinajstić information content (AvgIpc) is 2.15. The Hall–Kier alpha value is -1.00. The third-order valence-electron chi connectivity index (χ3n) is 2.59. The molecule has 6 nitrogen and oxygen atoms in total. The molecular formula is C8H13NO5P+. The Labute approximate surface area is 87.2 Å². The lowest BCUT2D eigenvalue weighted by atomic mass is 9.91. The average molecular weight is 234 g/mol. The molecule has 15 heavy (non-hydrogen) atoms. The maximum absolute atomic E-state index is 11.4. The van der Waals surface area contributed by atoms with E-state index in [1.165, 1.54) is 0 Å². The fraction of sp³-hybridized carbons (Fsp3) is 0.750. The summed E-state index contributed by atoms with van der Waals surface area (Å²) in [6, 6.07) is -1.12. The summed E-state index contributed by atoms with van der Waals surface area (Å²) in [6.45, 7) is 0. The molecule has 1 aliphatic heterocycles. The first-order valence-electron chi connectivity index (χ1n) is 4.55. The summed E-state index contributed by atoms with van der Waals surface area (Å²) in [4.78, 5) is 21.3. The Morgan fingerprint density at radius 3 is 2.40 bits per heavy atom. The number of hydrogen-bond donors (Lipinski definition) is 3. The normalized spacial score (nSPS) is 30.9. The summed E-state index contributed by atoms with van der Waals surface area (Å²) in [5.41, 5.74) is 5.39. The molecule has 7 heteroatoms. The molecule has 0 amide bonds. The minimum absolute atomic E-state index is 0.132. The highest BCUT2D eigenvalue weighted by Crippen LogP contribution is 2.38. The van der Waals surface area contributed by atoms with Gasteiger partial charge in [0.25, 0.3) is 0 Å². The maximum atomic E-state index is 11.4. The van der Waals surface area contributed by atoms with Crippen LogP contribution in [0.3, 0.4) is 0 Å². The molecule has 1 aliphatic rings. The van der Waals surface area contributed by atoms with Crippen molar-refractivity contribution in [2.75, 3.05) is 12.3 Å². The Bertz CT molecular complexity index is 305. The molecule has 0 saturated carbocycles. The number of carbonyl (C=O) groups is 2. The number of carboxylic acids is 2. The number of rotatable bonds is 3. The summed E-state index contributed by atoms with van der Waals surface area (Å²) in [6.07, 6.45) is 0.546. The lowest BCUT2D eigenvalue weighted by Crippen LogP contribution is -2.43. The van der Waals surface area contributed by atoms with Crippen molar-refractivity contribution in [3.8, 4) is 0 Å². The molecule has 4 unspecified atom stereocenters. The third kappa shape index (κ3) is 2.97. The highest BCUT2D eigenvalue weighted by molar-refractivity contribution is 7.44. The van der Waals surface area contributed by atoms with Gasteiger partial charge in [-0.05, 0) is 6.42 Å². The first kappa shape index (κ1) is 12.1. The van der Waals surface area contributed by atoms with Gasteiger partial charge in [-0.2, -0.15) is 0 Å². The van der Waals surface area contributed by atoms with E-state index in [1.54, 1.807) is 0 Å². The molecule has 0 spiro atoms. The van der Waals surface area contributed by atoms with Crippen molar-refractivity contribution in [3.63, 3.8) is 0 Å². The van der Waals surface area contributed by atoms with Crippen LogP contribution in [0.15, 0.2) is 0 Å². The second-order valence-electron chi connectivity index (χ2n) is 3.74. The summed E-state index contributed by atoms with van der Waals surface area (Å²) >= 11 is 0. The van der Waals surface area contributed by atoms with Gasteiger partial charge in [-0.3, -0.25) is 9.59 Å². The van der Waals surface area contributed by atoms with E-state index in [4.69, 9.17) is 15.9 Å². The molecule has 84 valence electrons. The fourth-order valence-corrected chi connectivity index (χ4v) is 3.58. The third-order valence-corrected chi connectivity index (χ3v) is 4.32. The summed E-state index contributed by atoms with van der Waals surface area (Å²) in [5, 5.41) is 17.5. The van der Waals surface area contributed by atoms with Crippen molar-refractivity contribution in [2.24, 2.45) is 17.6 Å². The van der Waals surface area contributed by atoms with Gasteiger partial charge in [-0.15, -0.1) is 0 Å². The zero-order chi connectivity index (χ0) is 11.6. The van der Waals surface area contributed by atoms with Gasteiger partial charge in [0.1, 0.15) is 12.0 Å². The van der Waals surface area contributed by atoms with Gasteiger partial charge in [0, 0.05) is 5.92 Å². The van der Waals surface area contributed by atoms with Crippen LogP contribution in [-0.2, 0) is 14.2 Å². The van der Waals surface area contributed by atoms with E-state index in [-0.39, 0.29) is 18.7 Å². The van der Waals surface area contributed by atoms with Gasteiger partial charge >= 0.3 is 19.7 Å². The van der Waals surface area contributed by atoms with Crippen molar-refractivity contribution in [2.45, 2.75) is 12.5 Å². The maximum Gasteiger partial charge on any atom is 0.339 e. The van der Waals surface area contributed by atoms with Crippen molar-refractivity contribution < 1.29 is 24.4 Å². The predicted molar refractivity (Wildman–Crippen MR) is 52.2 cm³/mol. The van der Waals surface area contributed by atoms with Gasteiger partial charge in [-0.1, -0.05) is 4.57 Å². The van der Waals surface area contributed by atoms with Crippen molar-refractivity contribution in [3.05, 3.63) is 0 Å². The first-order chi connectivity index (χ1) is 6.91. The van der Waals surface area contributed by atoms with Crippen LogP contribution >= 0.6 is 7.80 Å². The second kappa shape index (κ2) is 4.68. The lowest BCUT2D eigenvalue weighted by Gasteiger charge is -2.22. The van der Waals surface area contributed by atoms with Crippen LogP contribution in [0.2, 0.25) is 0 Å². The van der Waals surface area contributed by atoms with E-state index >= 15 is 0 Å². The number of nitrogens with two attached hydrogens (primary N) is 1. The van der Waals surface area contributed by atoms with Gasteiger partial charge < -0.3 is 15.9 Å². The molecule has 1 fully saturated rings. The van der Waals surface area contributed by atoms with E-state index in [0.29, 0.717) is 0 Å². The van der Waals surface area contributed by atoms with Crippen LogP contribution in [0.1, 0.15) is 6.42 Å². The van der Waals surface area contributed by atoms with Crippen molar-refractivity contribution in [1.82, 2.24) is 0 Å². The van der Waals surface area contributed by atoms with E-state index in [2.05, 4.69) is 0 Å². The molecule has 0 aromatic rings. The number of carboxylic acid groups (broad SMARTS) is 2. The molecule has 1 saturated heterocycles. The van der Waals surface area contributed by atoms with Crippen LogP contribution in [-0.4, -0.2) is 40.5 Å². The molecule has 0 radical (unpaired) electrons. The van der Waals surface area contributed by atoms with Gasteiger partial charge in [0.2, 0.25) is 0 Å². The van der Waals surface area contributed by atoms with Gasteiger partial charge in [0.15, 0.2) is 12.3 Å². The van der Waals surface area contributed by atoms with Crippen LogP contribution in [0.25, 0.3) is 0 Å². The predicted octanol–water partition coefficient (Wildman–Crippen LogP) is -0.0536. The largest absolute Gasteiger partial charge is 0.481 e. The molecule has 0 bridgehead atoms. The Balaban J connectivity index is 2.71. The molecule has 1 heterocycles. The Morgan fingerprint density at radius 1 is 1.33 bits per heavy atom. The van der Waals surface area contributed by atoms with Crippen LogP contribution in [0.4, 0.5) is 0 Å². The molecule has 0 aromatic carbocycles. The Kier molecular flexibility index (Phi) is 3.77. The minimum Gasteiger partial charge on any atom is -0.481 e. The lowest BCUT2D eigenvalue weighted by molar-refractivity contribution is -0.144. The molecule has 4 N–H and O–H groups in total. The fourth-order valence-electron chi connectivity index (χ4n) is 1.74. The van der Waals surface area contributed by atoms with Crippen molar-refractivity contribution in [1.29, 1.82) is 0 Å². The summed E-state index contributed by atoms with van der Waals surface area (Å²) in [7, 11) is -1.63. The molecule has 4 atom stereocenters. The molecule has 0 aromatic heterocycles. The summed E-state index contributed by atoms with van der Waals surface area (Å²) in [5.74, 6) is -3.42. The monoisotopic (exact) mass is 234 g/mol. The highest BCUT2D eigenvalue weighted by Gasteiger charge is 2.43. The molecule has 0 aliphatic carbocycles. The van der Waals surface area contributed by atoms with Gasteiger partial charge in [0.05, 0.1) is 0 Å². The standard InChI is InChI=1S/C8H12NO5P/c9-6(8(12)13)4-1-5(7(10)11)3-15(14)2-4/h4-6H,1-3,9H2,(H-,10,11,12,13)/p+1.